The molecule has 0 aromatic heterocycles. The molecule has 5 nitrogen and oxygen atoms in total. The smallest absolute Gasteiger partial charge is 0.302 e. The van der Waals surface area contributed by atoms with E-state index >= 15 is 0 Å². The van der Waals surface area contributed by atoms with Crippen LogP contribution in [0.2, 0.25) is 0 Å². The van der Waals surface area contributed by atoms with E-state index in [9.17, 15) is 4.79 Å². The molecule has 7 fully saturated rings. The molecule has 3 saturated heterocycles. The third-order valence-electron chi connectivity index (χ3n) is 12.5. The van der Waals surface area contributed by atoms with Crippen molar-refractivity contribution >= 4 is 21.9 Å². The number of ether oxygens (including phenoxy) is 4. The summed E-state index contributed by atoms with van der Waals surface area (Å²) < 4.78 is 26.0. The predicted molar refractivity (Wildman–Crippen MR) is 135 cm³/mol. The van der Waals surface area contributed by atoms with Gasteiger partial charge in [-0.2, -0.15) is 0 Å². The topological polar surface area (TPSA) is 57.3 Å². The summed E-state index contributed by atoms with van der Waals surface area (Å²) in [5.41, 5.74) is 0.478. The molecule has 1 spiro atoms. The molecule has 7 rings (SSSR count). The zero-order valence-electron chi connectivity index (χ0n) is 22.0. The molecule has 4 saturated carbocycles. The number of rotatable bonds is 1. The Labute approximate surface area is 218 Å². The fourth-order valence-electron chi connectivity index (χ4n) is 11.0. The van der Waals surface area contributed by atoms with Crippen molar-refractivity contribution in [1.29, 1.82) is 0 Å². The van der Waals surface area contributed by atoms with E-state index in [1.54, 1.807) is 6.92 Å². The number of carbonyl (C=O) groups excluding carboxylic acids is 1. The van der Waals surface area contributed by atoms with Gasteiger partial charge in [0.15, 0.2) is 5.79 Å². The third-order valence-corrected chi connectivity index (χ3v) is 13.5. The van der Waals surface area contributed by atoms with Crippen LogP contribution in [0.15, 0.2) is 0 Å². The molecule has 6 heteroatoms. The van der Waals surface area contributed by atoms with Crippen LogP contribution in [-0.2, 0) is 23.7 Å². The van der Waals surface area contributed by atoms with Crippen molar-refractivity contribution < 1.29 is 23.7 Å². The monoisotopic (exact) mass is 550 g/mol. The van der Waals surface area contributed by atoms with Gasteiger partial charge in [-0.15, -0.1) is 0 Å². The second-order valence-corrected chi connectivity index (χ2v) is 15.1. The van der Waals surface area contributed by atoms with E-state index in [0.29, 0.717) is 53.1 Å². The van der Waals surface area contributed by atoms with Crippen LogP contribution in [0.3, 0.4) is 0 Å². The molecule has 15 atom stereocenters. The van der Waals surface area contributed by atoms with Crippen LogP contribution in [0.25, 0.3) is 0 Å². The molecule has 12 unspecified atom stereocenters. The lowest BCUT2D eigenvalue weighted by Crippen LogP contribution is -2.59. The first-order valence-electron chi connectivity index (χ1n) is 14.4. The van der Waals surface area contributed by atoms with Crippen molar-refractivity contribution in [1.82, 2.24) is 0 Å². The van der Waals surface area contributed by atoms with Gasteiger partial charge in [-0.25, -0.2) is 0 Å². The van der Waals surface area contributed by atoms with Crippen molar-refractivity contribution in [3.63, 3.8) is 0 Å². The standard InChI is InChI=1S/C29H43BrO5/c1-14-10-22(30)29(32-13-14)15(2)23-21(35-29)12-20-19-7-6-17-11-18(33-16(3)31)8-9-27(17,4)24(19)25-26(34-25)28(20,23)5/h14-15,17-26H,6-13H2,1-5H3/t14?,15-,17-,18?,19?,20?,21?,22?,23?,24?,25?,26?,27?,28?,29-/m0/s1. The van der Waals surface area contributed by atoms with E-state index in [-0.39, 0.29) is 28.4 Å². The van der Waals surface area contributed by atoms with Gasteiger partial charge in [0.2, 0.25) is 0 Å². The lowest BCUT2D eigenvalue weighted by atomic mass is 9.44. The van der Waals surface area contributed by atoms with Gasteiger partial charge in [-0.1, -0.05) is 43.6 Å². The highest BCUT2D eigenvalue weighted by Gasteiger charge is 2.78. The Bertz CT molecular complexity index is 912. The van der Waals surface area contributed by atoms with Gasteiger partial charge in [0.25, 0.3) is 0 Å². The Kier molecular flexibility index (Phi) is 5.26. The number of alkyl halides is 1. The van der Waals surface area contributed by atoms with Crippen LogP contribution in [0.4, 0.5) is 0 Å². The number of esters is 1. The summed E-state index contributed by atoms with van der Waals surface area (Å²) >= 11 is 4.00. The fraction of sp³-hybridized carbons (Fsp3) is 0.966. The average Bonchev–Trinajstić information content (AvgIpc) is 3.46. The number of hydrogen-bond donors (Lipinski definition) is 0. The minimum Gasteiger partial charge on any atom is -0.463 e. The van der Waals surface area contributed by atoms with Gasteiger partial charge in [-0.05, 0) is 80.0 Å². The number of carbonyl (C=O) groups is 1. The maximum atomic E-state index is 11.6. The van der Waals surface area contributed by atoms with Crippen LogP contribution in [0.1, 0.15) is 79.6 Å². The Balaban J connectivity index is 1.16. The summed E-state index contributed by atoms with van der Waals surface area (Å²) in [5.74, 6) is 3.51. The molecule has 4 aliphatic carbocycles. The van der Waals surface area contributed by atoms with Gasteiger partial charge in [0, 0.05) is 24.2 Å². The molecule has 3 heterocycles. The van der Waals surface area contributed by atoms with Crippen LogP contribution >= 0.6 is 15.9 Å². The van der Waals surface area contributed by atoms with Crippen molar-refractivity contribution in [2.75, 3.05) is 6.61 Å². The lowest BCUT2D eigenvalue weighted by molar-refractivity contribution is -0.267. The molecule has 0 aromatic carbocycles. The second kappa shape index (κ2) is 7.70. The Morgan fingerprint density at radius 1 is 1.06 bits per heavy atom. The Hall–Kier alpha value is -0.170. The normalized spacial score (nSPS) is 62.3. The average molecular weight is 552 g/mol. The Morgan fingerprint density at radius 3 is 2.60 bits per heavy atom. The zero-order valence-corrected chi connectivity index (χ0v) is 23.6. The molecule has 0 radical (unpaired) electrons. The quantitative estimate of drug-likeness (QED) is 0.237. The molecule has 0 aromatic rings. The van der Waals surface area contributed by atoms with Crippen LogP contribution in [0.5, 0.6) is 0 Å². The van der Waals surface area contributed by atoms with Gasteiger partial charge >= 0.3 is 5.97 Å². The van der Waals surface area contributed by atoms with E-state index in [4.69, 9.17) is 18.9 Å². The highest BCUT2D eigenvalue weighted by molar-refractivity contribution is 9.09. The molecular weight excluding hydrogens is 508 g/mol. The third kappa shape index (κ3) is 3.06. The summed E-state index contributed by atoms with van der Waals surface area (Å²) in [4.78, 5) is 11.9. The highest BCUT2D eigenvalue weighted by Crippen LogP contribution is 2.75. The summed E-state index contributed by atoms with van der Waals surface area (Å²) in [6.07, 6.45) is 9.19. The second-order valence-electron chi connectivity index (χ2n) is 14.0. The van der Waals surface area contributed by atoms with Gasteiger partial charge in [0.1, 0.15) is 6.10 Å². The minimum atomic E-state index is -0.476. The van der Waals surface area contributed by atoms with Crippen molar-refractivity contribution in [2.45, 2.75) is 115 Å². The molecule has 0 amide bonds. The first-order valence-corrected chi connectivity index (χ1v) is 15.3. The summed E-state index contributed by atoms with van der Waals surface area (Å²) in [6, 6.07) is 0. The summed E-state index contributed by atoms with van der Waals surface area (Å²) in [6.45, 7) is 12.1. The maximum Gasteiger partial charge on any atom is 0.302 e. The molecule has 35 heavy (non-hydrogen) atoms. The van der Waals surface area contributed by atoms with Crippen molar-refractivity contribution in [2.24, 2.45) is 52.3 Å². The fourth-order valence-corrected chi connectivity index (χ4v) is 12.3. The SMILES string of the molecule is CC(=O)OC1CCC2(C)C3C(CC[C@H]2C1)C1CC2O[C@@]4(OCC(C)CC4Br)[C@@H](C)C2C1(C)C1OC13. The minimum absolute atomic E-state index is 0.110. The largest absolute Gasteiger partial charge is 0.463 e. The summed E-state index contributed by atoms with van der Waals surface area (Å²) in [7, 11) is 0. The molecule has 0 N–H and O–H groups in total. The van der Waals surface area contributed by atoms with E-state index in [0.717, 1.165) is 44.6 Å². The van der Waals surface area contributed by atoms with Crippen LogP contribution < -0.4 is 0 Å². The Morgan fingerprint density at radius 2 is 1.86 bits per heavy atom. The maximum absolute atomic E-state index is 11.6. The number of hydrogen-bond acceptors (Lipinski definition) is 5. The molecule has 7 aliphatic rings. The highest BCUT2D eigenvalue weighted by atomic mass is 79.9. The predicted octanol–water partition coefficient (Wildman–Crippen LogP) is 5.73. The number of halogens is 1. The number of fused-ring (bicyclic) bond motifs is 10. The molecule has 3 aliphatic heterocycles. The zero-order chi connectivity index (χ0) is 24.5. The lowest BCUT2D eigenvalue weighted by Gasteiger charge is -2.59. The van der Waals surface area contributed by atoms with E-state index in [1.807, 2.05) is 0 Å². The first kappa shape index (κ1) is 23.9. The molecule has 0 bridgehead atoms. The van der Waals surface area contributed by atoms with Gasteiger partial charge < -0.3 is 18.9 Å². The van der Waals surface area contributed by atoms with E-state index < -0.39 is 5.79 Å². The molecular formula is C29H43BrO5. The summed E-state index contributed by atoms with van der Waals surface area (Å²) in [5, 5.41) is 0. The van der Waals surface area contributed by atoms with Crippen LogP contribution in [0, 0.1) is 52.3 Å². The molecule has 196 valence electrons. The van der Waals surface area contributed by atoms with Gasteiger partial charge in [0.05, 0.1) is 29.7 Å². The number of epoxide rings is 1. The van der Waals surface area contributed by atoms with E-state index in [1.165, 1.54) is 12.8 Å². The first-order chi connectivity index (χ1) is 16.6. The van der Waals surface area contributed by atoms with Crippen LogP contribution in [-0.4, -0.2) is 47.6 Å². The van der Waals surface area contributed by atoms with Crippen molar-refractivity contribution in [3.8, 4) is 0 Å². The van der Waals surface area contributed by atoms with E-state index in [2.05, 4.69) is 43.6 Å². The van der Waals surface area contributed by atoms with Gasteiger partial charge in [-0.3, -0.25) is 4.79 Å². The van der Waals surface area contributed by atoms with Crippen molar-refractivity contribution in [3.05, 3.63) is 0 Å².